The molecule has 0 radical (unpaired) electrons. The maximum Gasteiger partial charge on any atom is 0.142 e. The number of nitrogens with zero attached hydrogens (tertiary/aromatic N) is 1. The van der Waals surface area contributed by atoms with Crippen molar-refractivity contribution >= 4 is 23.0 Å². The Morgan fingerprint density at radius 2 is 1.95 bits per heavy atom. The van der Waals surface area contributed by atoms with Gasteiger partial charge in [-0.2, -0.15) is 0 Å². The highest BCUT2D eigenvalue weighted by molar-refractivity contribution is 6.31. The van der Waals surface area contributed by atoms with Crippen molar-refractivity contribution in [3.8, 4) is 5.75 Å². The van der Waals surface area contributed by atoms with Crippen molar-refractivity contribution < 1.29 is 4.74 Å². The number of halogens is 1. The lowest BCUT2D eigenvalue weighted by molar-refractivity contribution is 0.415. The summed E-state index contributed by atoms with van der Waals surface area (Å²) in [4.78, 5) is 2.06. The molecule has 2 rings (SSSR count). The number of hydrogen-bond acceptors (Lipinski definition) is 3. The van der Waals surface area contributed by atoms with Gasteiger partial charge in [-0.05, 0) is 36.9 Å². The topological polar surface area (TPSA) is 24.5 Å². The molecule has 106 valence electrons. The molecule has 0 aliphatic carbocycles. The Balaban J connectivity index is 2.33. The molecule has 3 nitrogen and oxygen atoms in total. The third-order valence-corrected chi connectivity index (χ3v) is 3.59. The summed E-state index contributed by atoms with van der Waals surface area (Å²) in [6.07, 6.45) is 0. The Labute approximate surface area is 125 Å². The lowest BCUT2D eigenvalue weighted by Crippen LogP contribution is -2.11. The molecular formula is C16H19ClN2O. The van der Waals surface area contributed by atoms with E-state index in [-0.39, 0.29) is 0 Å². The summed E-state index contributed by atoms with van der Waals surface area (Å²) in [5, 5.41) is 3.87. The molecular weight excluding hydrogens is 272 g/mol. The van der Waals surface area contributed by atoms with Gasteiger partial charge in [0.1, 0.15) is 5.75 Å². The number of anilines is 2. The van der Waals surface area contributed by atoms with E-state index in [2.05, 4.69) is 16.3 Å². The Bertz CT molecular complexity index is 586. The minimum atomic E-state index is 0.761. The van der Waals surface area contributed by atoms with Gasteiger partial charge >= 0.3 is 0 Å². The minimum absolute atomic E-state index is 0.761. The van der Waals surface area contributed by atoms with Crippen LogP contribution < -0.4 is 15.0 Å². The molecule has 2 aromatic rings. The summed E-state index contributed by atoms with van der Waals surface area (Å²) in [5.41, 5.74) is 3.12. The predicted molar refractivity (Wildman–Crippen MR) is 85.3 cm³/mol. The molecule has 0 amide bonds. The summed E-state index contributed by atoms with van der Waals surface area (Å²) in [6.45, 7) is 0.761. The van der Waals surface area contributed by atoms with Crippen LogP contribution in [0.4, 0.5) is 11.4 Å². The van der Waals surface area contributed by atoms with Crippen LogP contribution in [0.2, 0.25) is 5.02 Å². The van der Waals surface area contributed by atoms with Gasteiger partial charge in [0.25, 0.3) is 0 Å². The SMILES string of the molecule is CNCc1ccc(N(C)c2ccccc2OC)cc1Cl. The van der Waals surface area contributed by atoms with Crippen molar-refractivity contribution in [2.45, 2.75) is 6.54 Å². The van der Waals surface area contributed by atoms with Crippen LogP contribution in [0.25, 0.3) is 0 Å². The second-order valence-electron chi connectivity index (χ2n) is 4.54. The first kappa shape index (κ1) is 14.7. The van der Waals surface area contributed by atoms with Gasteiger partial charge in [-0.1, -0.05) is 29.8 Å². The predicted octanol–water partition coefficient (Wildman–Crippen LogP) is 3.84. The van der Waals surface area contributed by atoms with Crippen molar-refractivity contribution in [1.29, 1.82) is 0 Å². The van der Waals surface area contributed by atoms with Crippen LogP contribution in [0.3, 0.4) is 0 Å². The zero-order valence-electron chi connectivity index (χ0n) is 12.0. The largest absolute Gasteiger partial charge is 0.495 e. The third-order valence-electron chi connectivity index (χ3n) is 3.24. The highest BCUT2D eigenvalue weighted by Crippen LogP contribution is 2.33. The molecule has 0 saturated heterocycles. The van der Waals surface area contributed by atoms with Crippen LogP contribution in [0.15, 0.2) is 42.5 Å². The summed E-state index contributed by atoms with van der Waals surface area (Å²) in [5.74, 6) is 0.838. The second kappa shape index (κ2) is 6.64. The van der Waals surface area contributed by atoms with Gasteiger partial charge in [0.05, 0.1) is 12.8 Å². The Hall–Kier alpha value is -1.71. The van der Waals surface area contributed by atoms with Gasteiger partial charge in [-0.25, -0.2) is 0 Å². The van der Waals surface area contributed by atoms with Crippen molar-refractivity contribution in [3.05, 3.63) is 53.1 Å². The van der Waals surface area contributed by atoms with E-state index in [9.17, 15) is 0 Å². The average molecular weight is 291 g/mol. The van der Waals surface area contributed by atoms with E-state index >= 15 is 0 Å². The minimum Gasteiger partial charge on any atom is -0.495 e. The second-order valence-corrected chi connectivity index (χ2v) is 4.94. The molecule has 0 heterocycles. The highest BCUT2D eigenvalue weighted by Gasteiger charge is 2.10. The fourth-order valence-corrected chi connectivity index (χ4v) is 2.37. The quantitative estimate of drug-likeness (QED) is 0.905. The molecule has 0 bridgehead atoms. The summed E-state index contributed by atoms with van der Waals surface area (Å²) >= 11 is 6.32. The van der Waals surface area contributed by atoms with Crippen molar-refractivity contribution in [2.75, 3.05) is 26.1 Å². The van der Waals surface area contributed by atoms with E-state index in [0.29, 0.717) is 0 Å². The van der Waals surface area contributed by atoms with Crippen molar-refractivity contribution in [3.63, 3.8) is 0 Å². The molecule has 0 aromatic heterocycles. The van der Waals surface area contributed by atoms with E-state index in [1.165, 1.54) is 0 Å². The maximum absolute atomic E-state index is 6.32. The van der Waals surface area contributed by atoms with Gasteiger partial charge in [0.2, 0.25) is 0 Å². The number of para-hydroxylation sites is 2. The first-order valence-corrected chi connectivity index (χ1v) is 6.85. The maximum atomic E-state index is 6.32. The standard InChI is InChI=1S/C16H19ClN2O/c1-18-11-12-8-9-13(10-14(12)17)19(2)15-6-4-5-7-16(15)20-3/h4-10,18H,11H2,1-3H3. The number of ether oxygens (including phenoxy) is 1. The van der Waals surface area contributed by atoms with Gasteiger partial charge in [-0.3, -0.25) is 0 Å². The Morgan fingerprint density at radius 3 is 2.60 bits per heavy atom. The molecule has 0 fully saturated rings. The first-order valence-electron chi connectivity index (χ1n) is 6.47. The average Bonchev–Trinajstić information content (AvgIpc) is 2.48. The third kappa shape index (κ3) is 3.06. The van der Waals surface area contributed by atoms with Crippen molar-refractivity contribution in [1.82, 2.24) is 5.32 Å². The van der Waals surface area contributed by atoms with Crippen LogP contribution in [0, 0.1) is 0 Å². The smallest absolute Gasteiger partial charge is 0.142 e. The van der Waals surface area contributed by atoms with Gasteiger partial charge in [0, 0.05) is 24.3 Å². The molecule has 0 atom stereocenters. The monoisotopic (exact) mass is 290 g/mol. The van der Waals surface area contributed by atoms with E-state index in [1.54, 1.807) is 7.11 Å². The lowest BCUT2D eigenvalue weighted by atomic mass is 10.1. The molecule has 0 unspecified atom stereocenters. The fraction of sp³-hybridized carbons (Fsp3) is 0.250. The number of hydrogen-bond donors (Lipinski definition) is 1. The molecule has 0 aliphatic rings. The lowest BCUT2D eigenvalue weighted by Gasteiger charge is -2.22. The molecule has 20 heavy (non-hydrogen) atoms. The van der Waals surface area contributed by atoms with Gasteiger partial charge < -0.3 is 15.0 Å². The highest BCUT2D eigenvalue weighted by atomic mass is 35.5. The van der Waals surface area contributed by atoms with Crippen molar-refractivity contribution in [2.24, 2.45) is 0 Å². The summed E-state index contributed by atoms with van der Waals surface area (Å²) in [6, 6.07) is 14.0. The zero-order chi connectivity index (χ0) is 14.5. The number of rotatable bonds is 5. The van der Waals surface area contributed by atoms with E-state index < -0.39 is 0 Å². The molecule has 2 aromatic carbocycles. The Morgan fingerprint density at radius 1 is 1.20 bits per heavy atom. The fourth-order valence-electron chi connectivity index (χ4n) is 2.12. The van der Waals surface area contributed by atoms with E-state index in [1.807, 2.05) is 50.5 Å². The van der Waals surface area contributed by atoms with Crippen LogP contribution in [-0.2, 0) is 6.54 Å². The molecule has 4 heteroatoms. The summed E-state index contributed by atoms with van der Waals surface area (Å²) < 4.78 is 5.40. The van der Waals surface area contributed by atoms with Crippen LogP contribution in [0.1, 0.15) is 5.56 Å². The molecule has 0 saturated carbocycles. The molecule has 0 aliphatic heterocycles. The van der Waals surface area contributed by atoms with Crippen LogP contribution in [0.5, 0.6) is 5.75 Å². The molecule has 0 spiro atoms. The number of nitrogens with one attached hydrogen (secondary N) is 1. The summed E-state index contributed by atoms with van der Waals surface area (Å²) in [7, 11) is 5.59. The number of benzene rings is 2. The van der Waals surface area contributed by atoms with E-state index in [0.717, 1.165) is 34.3 Å². The van der Waals surface area contributed by atoms with Crippen LogP contribution in [-0.4, -0.2) is 21.2 Å². The zero-order valence-corrected chi connectivity index (χ0v) is 12.7. The Kier molecular flexibility index (Phi) is 4.88. The molecule has 1 N–H and O–H groups in total. The van der Waals surface area contributed by atoms with Crippen LogP contribution >= 0.6 is 11.6 Å². The van der Waals surface area contributed by atoms with Gasteiger partial charge in [-0.15, -0.1) is 0 Å². The first-order chi connectivity index (χ1) is 9.67. The van der Waals surface area contributed by atoms with Gasteiger partial charge in [0.15, 0.2) is 0 Å². The normalized spacial score (nSPS) is 10.4. The number of methoxy groups -OCH3 is 1. The van der Waals surface area contributed by atoms with E-state index in [4.69, 9.17) is 16.3 Å².